The Morgan fingerprint density at radius 1 is 0.591 bits per heavy atom. The van der Waals surface area contributed by atoms with Crippen LogP contribution in [0.1, 0.15) is 85.7 Å². The molecule has 0 N–H and O–H groups in total. The number of unbranched alkanes of at least 4 members (excludes halogenated alkanes) is 3. The smallest absolute Gasteiger partial charge is 0.161 e. The van der Waals surface area contributed by atoms with Gasteiger partial charge in [-0.2, -0.15) is 0 Å². The van der Waals surface area contributed by atoms with Crippen molar-refractivity contribution in [2.24, 2.45) is 11.8 Å². The van der Waals surface area contributed by atoms with Gasteiger partial charge in [0.15, 0.2) is 23.0 Å². The Balaban J connectivity index is 0.946. The maximum Gasteiger partial charge on any atom is 0.161 e. The van der Waals surface area contributed by atoms with Crippen molar-refractivity contribution in [2.75, 3.05) is 54.6 Å². The highest BCUT2D eigenvalue weighted by Gasteiger charge is 2.39. The van der Waals surface area contributed by atoms with Gasteiger partial charge < -0.3 is 18.9 Å². The van der Waals surface area contributed by atoms with Gasteiger partial charge in [0.2, 0.25) is 0 Å². The van der Waals surface area contributed by atoms with Gasteiger partial charge in [0, 0.05) is 62.9 Å². The Labute approximate surface area is 262 Å². The summed E-state index contributed by atoms with van der Waals surface area (Å²) in [5.74, 6) is 4.05. The van der Waals surface area contributed by atoms with Gasteiger partial charge in [-0.25, -0.2) is 0 Å². The summed E-state index contributed by atoms with van der Waals surface area (Å²) in [5, 5.41) is 0. The molecule has 8 heteroatoms. The van der Waals surface area contributed by atoms with E-state index in [1.54, 1.807) is 28.4 Å². The first-order chi connectivity index (χ1) is 21.4. The molecular weight excluding hydrogens is 556 g/mol. The summed E-state index contributed by atoms with van der Waals surface area (Å²) in [5.41, 5.74) is 4.98. The van der Waals surface area contributed by atoms with E-state index in [1.807, 2.05) is 0 Å². The number of carbonyl (C=O) groups is 2. The molecule has 0 bridgehead atoms. The maximum absolute atomic E-state index is 13.2. The molecule has 4 heterocycles. The molecule has 2 fully saturated rings. The fraction of sp³-hybridized carbons (Fsp3) is 0.611. The van der Waals surface area contributed by atoms with Crippen molar-refractivity contribution in [1.29, 1.82) is 0 Å². The summed E-state index contributed by atoms with van der Waals surface area (Å²) in [7, 11) is 6.67. The molecule has 6 rings (SSSR count). The number of fused-ring (bicyclic) bond motifs is 6. The molecule has 0 aliphatic carbocycles. The monoisotopic (exact) mass is 604 g/mol. The van der Waals surface area contributed by atoms with Gasteiger partial charge in [-0.05, 0) is 72.2 Å². The lowest BCUT2D eigenvalue weighted by Crippen LogP contribution is -2.46. The van der Waals surface area contributed by atoms with Crippen LogP contribution in [0, 0.1) is 11.8 Å². The third-order valence-corrected chi connectivity index (χ3v) is 10.7. The maximum atomic E-state index is 13.2. The largest absolute Gasteiger partial charge is 0.493 e. The van der Waals surface area contributed by atoms with Crippen LogP contribution in [0.25, 0.3) is 0 Å². The zero-order valence-electron chi connectivity index (χ0n) is 26.9. The second-order valence-corrected chi connectivity index (χ2v) is 13.1. The first-order valence-electron chi connectivity index (χ1n) is 16.5. The van der Waals surface area contributed by atoms with Crippen LogP contribution in [-0.4, -0.2) is 76.0 Å². The fourth-order valence-electron chi connectivity index (χ4n) is 8.20. The number of ether oxygens (including phenoxy) is 4. The SMILES string of the molecule is COc1cc2c(cc1OC)[C@H]1CC(=O)[C@@H](CCCCCC[C@@H]3CN4CCc5cc(OC)c(OC)cc5[C@@H]4CC3=O)CN1CC2. The average molecular weight is 605 g/mol. The summed E-state index contributed by atoms with van der Waals surface area (Å²) in [6.07, 6.45) is 9.43. The minimum Gasteiger partial charge on any atom is -0.493 e. The second-order valence-electron chi connectivity index (χ2n) is 13.1. The Morgan fingerprint density at radius 3 is 1.36 bits per heavy atom. The van der Waals surface area contributed by atoms with E-state index in [2.05, 4.69) is 34.1 Å². The molecule has 0 amide bonds. The van der Waals surface area contributed by atoms with Crippen LogP contribution in [0.15, 0.2) is 24.3 Å². The summed E-state index contributed by atoms with van der Waals surface area (Å²) >= 11 is 0. The first kappa shape index (κ1) is 30.9. The molecule has 8 nitrogen and oxygen atoms in total. The van der Waals surface area contributed by atoms with E-state index < -0.39 is 0 Å². The molecule has 4 aliphatic heterocycles. The normalized spacial score (nSPS) is 25.0. The number of hydrogen-bond acceptors (Lipinski definition) is 8. The molecule has 0 radical (unpaired) electrons. The lowest BCUT2D eigenvalue weighted by Gasteiger charge is -2.43. The van der Waals surface area contributed by atoms with Crippen LogP contribution in [0.2, 0.25) is 0 Å². The molecule has 238 valence electrons. The number of ketones is 2. The van der Waals surface area contributed by atoms with Gasteiger partial charge in [0.05, 0.1) is 28.4 Å². The molecule has 0 unspecified atom stereocenters. The minimum atomic E-state index is 0.130. The van der Waals surface area contributed by atoms with Crippen molar-refractivity contribution in [3.63, 3.8) is 0 Å². The van der Waals surface area contributed by atoms with Gasteiger partial charge in [0.25, 0.3) is 0 Å². The number of Topliss-reactive ketones (excluding diaryl/α,β-unsaturated/α-hetero) is 2. The number of rotatable bonds is 11. The van der Waals surface area contributed by atoms with E-state index >= 15 is 0 Å². The predicted molar refractivity (Wildman–Crippen MR) is 169 cm³/mol. The summed E-state index contributed by atoms with van der Waals surface area (Å²) in [6, 6.07) is 8.62. The second kappa shape index (κ2) is 13.5. The van der Waals surface area contributed by atoms with Crippen LogP contribution in [0.3, 0.4) is 0 Å². The van der Waals surface area contributed by atoms with Crippen molar-refractivity contribution in [2.45, 2.75) is 76.3 Å². The molecule has 4 aliphatic rings. The molecule has 4 atom stereocenters. The van der Waals surface area contributed by atoms with Crippen LogP contribution >= 0.6 is 0 Å². The number of piperidine rings is 2. The average Bonchev–Trinajstić information content (AvgIpc) is 3.05. The quantitative estimate of drug-likeness (QED) is 0.301. The van der Waals surface area contributed by atoms with Gasteiger partial charge in [-0.15, -0.1) is 0 Å². The Bertz CT molecular complexity index is 1270. The summed E-state index contributed by atoms with van der Waals surface area (Å²) < 4.78 is 22.1. The molecular formula is C36H48N2O6. The van der Waals surface area contributed by atoms with Gasteiger partial charge >= 0.3 is 0 Å². The third-order valence-electron chi connectivity index (χ3n) is 10.7. The predicted octanol–water partition coefficient (Wildman–Crippen LogP) is 5.74. The van der Waals surface area contributed by atoms with Crippen LogP contribution in [0.5, 0.6) is 23.0 Å². The number of nitrogens with zero attached hydrogens (tertiary/aromatic N) is 2. The van der Waals surface area contributed by atoms with E-state index in [4.69, 9.17) is 18.9 Å². The van der Waals surface area contributed by atoms with Crippen molar-refractivity contribution >= 4 is 11.6 Å². The van der Waals surface area contributed by atoms with E-state index in [0.717, 1.165) is 101 Å². The third kappa shape index (κ3) is 6.08. The molecule has 44 heavy (non-hydrogen) atoms. The highest BCUT2D eigenvalue weighted by atomic mass is 16.5. The molecule has 0 spiro atoms. The minimum absolute atomic E-state index is 0.130. The number of carbonyl (C=O) groups excluding carboxylic acids is 2. The highest BCUT2D eigenvalue weighted by Crippen LogP contribution is 2.44. The lowest BCUT2D eigenvalue weighted by molar-refractivity contribution is -0.130. The number of hydrogen-bond donors (Lipinski definition) is 0. The highest BCUT2D eigenvalue weighted by molar-refractivity contribution is 5.83. The van der Waals surface area contributed by atoms with E-state index in [-0.39, 0.29) is 23.9 Å². The van der Waals surface area contributed by atoms with Crippen molar-refractivity contribution in [1.82, 2.24) is 9.80 Å². The summed E-state index contributed by atoms with van der Waals surface area (Å²) in [4.78, 5) is 31.5. The van der Waals surface area contributed by atoms with Crippen molar-refractivity contribution < 1.29 is 28.5 Å². The molecule has 0 saturated carbocycles. The molecule has 0 aromatic heterocycles. The van der Waals surface area contributed by atoms with Crippen LogP contribution in [0.4, 0.5) is 0 Å². The van der Waals surface area contributed by atoms with Gasteiger partial charge in [-0.1, -0.05) is 25.7 Å². The zero-order valence-corrected chi connectivity index (χ0v) is 26.9. The van der Waals surface area contributed by atoms with Crippen LogP contribution < -0.4 is 18.9 Å². The van der Waals surface area contributed by atoms with Crippen molar-refractivity contribution in [3.8, 4) is 23.0 Å². The zero-order chi connectivity index (χ0) is 30.8. The summed E-state index contributed by atoms with van der Waals surface area (Å²) in [6.45, 7) is 3.67. The first-order valence-corrected chi connectivity index (χ1v) is 16.5. The van der Waals surface area contributed by atoms with Crippen LogP contribution in [-0.2, 0) is 22.4 Å². The standard InChI is InChI=1S/C36H48N2O6/c1-41-33-15-23-11-13-37-21-25(31(39)19-29(37)27(23)17-35(33)43-3)9-7-5-6-8-10-26-22-38-14-12-24-16-34(42-2)36(44-4)18-28(24)30(38)20-32(26)40/h15-18,25-26,29-30H,5-14,19-22H2,1-4H3/t25-,26+,29+,30-. The fourth-order valence-corrected chi connectivity index (χ4v) is 8.20. The van der Waals surface area contributed by atoms with Gasteiger partial charge in [0.1, 0.15) is 11.6 Å². The topological polar surface area (TPSA) is 77.5 Å². The number of methoxy groups -OCH3 is 4. The Hall–Kier alpha value is -3.10. The molecule has 2 aromatic carbocycles. The van der Waals surface area contributed by atoms with Crippen molar-refractivity contribution in [3.05, 3.63) is 46.5 Å². The number of benzene rings is 2. The molecule has 2 aromatic rings. The Morgan fingerprint density at radius 2 is 0.977 bits per heavy atom. The lowest BCUT2D eigenvalue weighted by atomic mass is 9.80. The van der Waals surface area contributed by atoms with Gasteiger partial charge in [-0.3, -0.25) is 19.4 Å². The van der Waals surface area contributed by atoms with E-state index in [0.29, 0.717) is 24.4 Å². The van der Waals surface area contributed by atoms with E-state index in [1.165, 1.54) is 22.3 Å². The van der Waals surface area contributed by atoms with E-state index in [9.17, 15) is 9.59 Å². The molecule has 2 saturated heterocycles. The Kier molecular flexibility index (Phi) is 9.48.